The standard InChI is InChI=1S/C31H33N3O7S2/c1-21-7-13-27(14-8-21)43(38,39)34(29-17-12-25(40-4)19-30(29)41-5)20-31(35)32-24-10-15-26(16-11-24)42(36,37)33-28-18-22(2)6-9-23(28)3/h6-19,33H,20H2,1-5H3,(H,32,35). The van der Waals surface area contributed by atoms with Gasteiger partial charge in [-0.3, -0.25) is 13.8 Å². The van der Waals surface area contributed by atoms with Crippen molar-refractivity contribution in [1.29, 1.82) is 0 Å². The second-order valence-corrected chi connectivity index (χ2v) is 13.4. The van der Waals surface area contributed by atoms with Crippen molar-refractivity contribution >= 4 is 43.0 Å². The number of ether oxygens (including phenoxy) is 2. The molecule has 43 heavy (non-hydrogen) atoms. The summed E-state index contributed by atoms with van der Waals surface area (Å²) in [4.78, 5) is 13.2. The largest absolute Gasteiger partial charge is 0.497 e. The van der Waals surface area contributed by atoms with Crippen LogP contribution < -0.4 is 23.8 Å². The van der Waals surface area contributed by atoms with E-state index in [2.05, 4.69) is 10.0 Å². The maximum absolute atomic E-state index is 13.8. The maximum atomic E-state index is 13.8. The van der Waals surface area contributed by atoms with Crippen LogP contribution in [0, 0.1) is 20.8 Å². The molecule has 0 aliphatic carbocycles. The van der Waals surface area contributed by atoms with Crippen LogP contribution in [0.4, 0.5) is 17.1 Å². The topological polar surface area (TPSA) is 131 Å². The van der Waals surface area contributed by atoms with Crippen LogP contribution in [-0.4, -0.2) is 43.5 Å². The van der Waals surface area contributed by atoms with E-state index in [9.17, 15) is 21.6 Å². The van der Waals surface area contributed by atoms with Crippen molar-refractivity contribution in [3.63, 3.8) is 0 Å². The van der Waals surface area contributed by atoms with E-state index in [0.29, 0.717) is 11.4 Å². The summed E-state index contributed by atoms with van der Waals surface area (Å²) in [5.41, 5.74) is 3.45. The fourth-order valence-electron chi connectivity index (χ4n) is 4.23. The van der Waals surface area contributed by atoms with Gasteiger partial charge in [0.1, 0.15) is 18.0 Å². The molecule has 0 aromatic heterocycles. The van der Waals surface area contributed by atoms with Crippen molar-refractivity contribution in [3.05, 3.63) is 102 Å². The molecule has 1 amide bonds. The van der Waals surface area contributed by atoms with Gasteiger partial charge in [-0.25, -0.2) is 16.8 Å². The van der Waals surface area contributed by atoms with Gasteiger partial charge in [0.05, 0.1) is 35.4 Å². The average Bonchev–Trinajstić information content (AvgIpc) is 2.98. The average molecular weight is 624 g/mol. The summed E-state index contributed by atoms with van der Waals surface area (Å²) in [6, 6.07) is 21.9. The molecule has 0 fully saturated rings. The van der Waals surface area contributed by atoms with E-state index in [1.807, 2.05) is 26.0 Å². The molecule has 4 aromatic carbocycles. The minimum Gasteiger partial charge on any atom is -0.497 e. The molecule has 4 aromatic rings. The van der Waals surface area contributed by atoms with Crippen LogP contribution in [0.15, 0.2) is 94.7 Å². The highest BCUT2D eigenvalue weighted by molar-refractivity contribution is 7.93. The number of methoxy groups -OCH3 is 2. The lowest BCUT2D eigenvalue weighted by Crippen LogP contribution is -2.38. The Hall–Kier alpha value is -4.55. The summed E-state index contributed by atoms with van der Waals surface area (Å²) in [7, 11) is -5.24. The number of sulfonamides is 2. The summed E-state index contributed by atoms with van der Waals surface area (Å²) in [6.45, 7) is 4.92. The van der Waals surface area contributed by atoms with E-state index in [1.54, 1.807) is 31.2 Å². The fraction of sp³-hybridized carbons (Fsp3) is 0.194. The lowest BCUT2D eigenvalue weighted by molar-refractivity contribution is -0.114. The molecule has 2 N–H and O–H groups in total. The van der Waals surface area contributed by atoms with Gasteiger partial charge in [-0.2, -0.15) is 0 Å². The maximum Gasteiger partial charge on any atom is 0.264 e. The predicted octanol–water partition coefficient (Wildman–Crippen LogP) is 5.26. The number of anilines is 3. The van der Waals surface area contributed by atoms with Crippen molar-refractivity contribution in [2.24, 2.45) is 0 Å². The smallest absolute Gasteiger partial charge is 0.264 e. The molecule has 0 heterocycles. The van der Waals surface area contributed by atoms with Crippen molar-refractivity contribution < 1.29 is 31.1 Å². The number of hydrogen-bond donors (Lipinski definition) is 2. The molecule has 0 saturated carbocycles. The molecule has 12 heteroatoms. The third-order valence-corrected chi connectivity index (χ3v) is 9.79. The van der Waals surface area contributed by atoms with Gasteiger partial charge in [0.15, 0.2) is 0 Å². The Labute approximate surface area is 252 Å². The zero-order valence-electron chi connectivity index (χ0n) is 24.4. The zero-order chi connectivity index (χ0) is 31.4. The van der Waals surface area contributed by atoms with Gasteiger partial charge in [-0.05, 0) is 86.5 Å². The molecule has 4 rings (SSSR count). The van der Waals surface area contributed by atoms with E-state index in [4.69, 9.17) is 9.47 Å². The van der Waals surface area contributed by atoms with Crippen LogP contribution in [0.25, 0.3) is 0 Å². The van der Waals surface area contributed by atoms with Gasteiger partial charge < -0.3 is 14.8 Å². The van der Waals surface area contributed by atoms with Gasteiger partial charge in [-0.1, -0.05) is 29.8 Å². The lowest BCUT2D eigenvalue weighted by Gasteiger charge is -2.26. The number of carbonyl (C=O) groups excluding carboxylic acids is 1. The summed E-state index contributed by atoms with van der Waals surface area (Å²) < 4.78 is 67.8. The number of rotatable bonds is 11. The van der Waals surface area contributed by atoms with Crippen LogP contribution >= 0.6 is 0 Å². The molecule has 0 bridgehead atoms. The predicted molar refractivity (Wildman–Crippen MR) is 167 cm³/mol. The van der Waals surface area contributed by atoms with Crippen LogP contribution in [0.2, 0.25) is 0 Å². The van der Waals surface area contributed by atoms with Crippen LogP contribution in [0.3, 0.4) is 0 Å². The Morgan fingerprint density at radius 2 is 1.37 bits per heavy atom. The number of benzene rings is 4. The minimum atomic E-state index is -4.21. The van der Waals surface area contributed by atoms with E-state index in [1.165, 1.54) is 62.8 Å². The third kappa shape index (κ3) is 7.27. The van der Waals surface area contributed by atoms with E-state index >= 15 is 0 Å². The Kier molecular flexibility index (Phi) is 9.31. The van der Waals surface area contributed by atoms with Gasteiger partial charge in [0.2, 0.25) is 5.91 Å². The van der Waals surface area contributed by atoms with E-state index in [-0.39, 0.29) is 26.9 Å². The molecule has 226 valence electrons. The third-order valence-electron chi connectivity index (χ3n) is 6.64. The SMILES string of the molecule is COc1ccc(N(CC(=O)Nc2ccc(S(=O)(=O)Nc3cc(C)ccc3C)cc2)S(=O)(=O)c2ccc(C)cc2)c(OC)c1. The first-order valence-electron chi connectivity index (χ1n) is 13.2. The number of nitrogens with zero attached hydrogens (tertiary/aromatic N) is 1. The highest BCUT2D eigenvalue weighted by Crippen LogP contribution is 2.35. The van der Waals surface area contributed by atoms with Gasteiger partial charge in [0.25, 0.3) is 20.0 Å². The normalized spacial score (nSPS) is 11.5. The lowest BCUT2D eigenvalue weighted by atomic mass is 10.1. The van der Waals surface area contributed by atoms with Gasteiger partial charge in [-0.15, -0.1) is 0 Å². The van der Waals surface area contributed by atoms with Crippen LogP contribution in [0.5, 0.6) is 11.5 Å². The number of hydrogen-bond acceptors (Lipinski definition) is 7. The number of aryl methyl sites for hydroxylation is 3. The Bertz CT molecular complexity index is 1840. The molecule has 0 spiro atoms. The Morgan fingerprint density at radius 1 is 0.744 bits per heavy atom. The summed E-state index contributed by atoms with van der Waals surface area (Å²) in [6.07, 6.45) is 0. The van der Waals surface area contributed by atoms with Crippen LogP contribution in [-0.2, 0) is 24.8 Å². The number of nitrogens with one attached hydrogen (secondary N) is 2. The quantitative estimate of drug-likeness (QED) is 0.233. The van der Waals surface area contributed by atoms with Crippen molar-refractivity contribution in [3.8, 4) is 11.5 Å². The fourth-order valence-corrected chi connectivity index (χ4v) is 6.78. The van der Waals surface area contributed by atoms with Crippen LogP contribution in [0.1, 0.15) is 16.7 Å². The van der Waals surface area contributed by atoms with Gasteiger partial charge >= 0.3 is 0 Å². The first kappa shape index (κ1) is 31.4. The first-order chi connectivity index (χ1) is 20.3. The van der Waals surface area contributed by atoms with Gasteiger partial charge in [0, 0.05) is 11.8 Å². The molecular formula is C31H33N3O7S2. The van der Waals surface area contributed by atoms with E-state index < -0.39 is 32.5 Å². The monoisotopic (exact) mass is 623 g/mol. The molecule has 0 aliphatic heterocycles. The minimum absolute atomic E-state index is 0.00190. The second kappa shape index (κ2) is 12.8. The molecule has 0 radical (unpaired) electrons. The van der Waals surface area contributed by atoms with Crippen molar-refractivity contribution in [1.82, 2.24) is 0 Å². The summed E-state index contributed by atoms with van der Waals surface area (Å²) >= 11 is 0. The molecule has 0 aliphatic rings. The van der Waals surface area contributed by atoms with Crippen molar-refractivity contribution in [2.75, 3.05) is 35.1 Å². The number of carbonyl (C=O) groups is 1. The highest BCUT2D eigenvalue weighted by Gasteiger charge is 2.30. The van der Waals surface area contributed by atoms with E-state index in [0.717, 1.165) is 21.0 Å². The molecular weight excluding hydrogens is 590 g/mol. The zero-order valence-corrected chi connectivity index (χ0v) is 26.0. The second-order valence-electron chi connectivity index (χ2n) is 9.86. The molecule has 0 atom stereocenters. The molecule has 0 unspecified atom stereocenters. The highest BCUT2D eigenvalue weighted by atomic mass is 32.2. The summed E-state index contributed by atoms with van der Waals surface area (Å²) in [5.74, 6) is -0.0220. The molecule has 0 saturated heterocycles. The van der Waals surface area contributed by atoms with Crippen molar-refractivity contribution in [2.45, 2.75) is 30.6 Å². The molecule has 10 nitrogen and oxygen atoms in total. The Morgan fingerprint density at radius 3 is 2.00 bits per heavy atom. The summed E-state index contributed by atoms with van der Waals surface area (Å²) in [5, 5.41) is 2.65. The Balaban J connectivity index is 1.59. The first-order valence-corrected chi connectivity index (χ1v) is 16.1. The number of amides is 1.